The lowest BCUT2D eigenvalue weighted by Gasteiger charge is -2.02. The molecule has 0 rings (SSSR count). The Morgan fingerprint density at radius 1 is 1.15 bits per heavy atom. The van der Waals surface area contributed by atoms with E-state index < -0.39 is 8.77 Å². The molecular formula is C9H20O2S2. The molecule has 0 N–H and O–H groups in total. The summed E-state index contributed by atoms with van der Waals surface area (Å²) in [5, 5.41) is 0. The summed E-state index contributed by atoms with van der Waals surface area (Å²) in [4.78, 5) is 0. The second kappa shape index (κ2) is 7.71. The summed E-state index contributed by atoms with van der Waals surface area (Å²) >= 11 is 4.61. The lowest BCUT2D eigenvalue weighted by atomic mass is 10.1. The monoisotopic (exact) mass is 224 g/mol. The number of unbranched alkanes of at least 4 members (excludes halogenated alkanes) is 5. The molecule has 0 bridgehead atoms. The van der Waals surface area contributed by atoms with Crippen molar-refractivity contribution in [2.75, 3.05) is 12.9 Å². The van der Waals surface area contributed by atoms with Crippen LogP contribution in [0.5, 0.6) is 0 Å². The normalized spacial score (nSPS) is 15.5. The quantitative estimate of drug-likeness (QED) is 0.593. The van der Waals surface area contributed by atoms with E-state index in [4.69, 9.17) is 4.18 Å². The van der Waals surface area contributed by atoms with Gasteiger partial charge in [0.15, 0.2) is 0 Å². The van der Waals surface area contributed by atoms with Crippen LogP contribution in [0.25, 0.3) is 0 Å². The second-order valence-electron chi connectivity index (χ2n) is 3.29. The third-order valence-electron chi connectivity index (χ3n) is 1.80. The van der Waals surface area contributed by atoms with Gasteiger partial charge in [0.25, 0.3) is 0 Å². The second-order valence-corrected chi connectivity index (χ2v) is 6.75. The minimum atomic E-state index is -2.39. The first-order valence-electron chi connectivity index (χ1n) is 4.90. The van der Waals surface area contributed by atoms with Crippen molar-refractivity contribution in [3.63, 3.8) is 0 Å². The van der Waals surface area contributed by atoms with E-state index in [1.165, 1.54) is 31.9 Å². The molecule has 13 heavy (non-hydrogen) atoms. The predicted molar refractivity (Wildman–Crippen MR) is 60.8 cm³/mol. The summed E-state index contributed by atoms with van der Waals surface area (Å²) in [6, 6.07) is 0. The van der Waals surface area contributed by atoms with E-state index in [1.807, 2.05) is 0 Å². The highest BCUT2D eigenvalue weighted by molar-refractivity contribution is 8.29. The van der Waals surface area contributed by atoms with Gasteiger partial charge in [-0.05, 0) is 6.42 Å². The Labute approximate surface area is 86.9 Å². The van der Waals surface area contributed by atoms with Crippen molar-refractivity contribution >= 4 is 20.0 Å². The van der Waals surface area contributed by atoms with Crippen LogP contribution in [0.4, 0.5) is 0 Å². The van der Waals surface area contributed by atoms with Gasteiger partial charge in [-0.25, -0.2) is 4.21 Å². The van der Waals surface area contributed by atoms with E-state index in [1.54, 1.807) is 0 Å². The molecule has 0 heterocycles. The van der Waals surface area contributed by atoms with Gasteiger partial charge >= 0.3 is 0 Å². The molecule has 0 spiro atoms. The van der Waals surface area contributed by atoms with Gasteiger partial charge in [-0.3, -0.25) is 4.18 Å². The first kappa shape index (κ1) is 13.3. The average Bonchev–Trinajstić information content (AvgIpc) is 2.01. The fourth-order valence-electron chi connectivity index (χ4n) is 1.09. The molecule has 0 aromatic carbocycles. The molecule has 1 unspecified atom stereocenters. The van der Waals surface area contributed by atoms with Crippen LogP contribution in [0, 0.1) is 0 Å². The molecule has 0 aromatic rings. The number of rotatable bonds is 8. The fourth-order valence-corrected chi connectivity index (χ4v) is 1.72. The molecular weight excluding hydrogens is 204 g/mol. The smallest absolute Gasteiger partial charge is 0.141 e. The molecule has 0 aromatic heterocycles. The van der Waals surface area contributed by atoms with Crippen molar-refractivity contribution in [2.45, 2.75) is 45.4 Å². The van der Waals surface area contributed by atoms with Crippen molar-refractivity contribution in [2.24, 2.45) is 0 Å². The molecule has 2 nitrogen and oxygen atoms in total. The van der Waals surface area contributed by atoms with Gasteiger partial charge in [-0.1, -0.05) is 39.0 Å². The Balaban J connectivity index is 3.09. The average molecular weight is 224 g/mol. The lowest BCUT2D eigenvalue weighted by Crippen LogP contribution is -2.02. The summed E-state index contributed by atoms with van der Waals surface area (Å²) in [5.74, 6) is 0. The van der Waals surface area contributed by atoms with Crippen LogP contribution in [-0.2, 0) is 24.1 Å². The molecule has 0 fully saturated rings. The SMILES string of the molecule is CCCCCCCCOS(C)(=O)=S. The van der Waals surface area contributed by atoms with Crippen LogP contribution in [0.1, 0.15) is 45.4 Å². The van der Waals surface area contributed by atoms with E-state index in [0.717, 1.165) is 12.8 Å². The van der Waals surface area contributed by atoms with Gasteiger partial charge < -0.3 is 0 Å². The first-order chi connectivity index (χ1) is 6.06. The molecule has 0 aliphatic heterocycles. The first-order valence-corrected chi connectivity index (χ1v) is 7.72. The van der Waals surface area contributed by atoms with Gasteiger partial charge in [0.05, 0.1) is 6.61 Å². The standard InChI is InChI=1S/C9H20O2S2/c1-3-4-5-6-7-8-9-11-13(2,10)12/h3-9H2,1-2H3. The van der Waals surface area contributed by atoms with Crippen LogP contribution in [0.3, 0.4) is 0 Å². The molecule has 4 heteroatoms. The summed E-state index contributed by atoms with van der Waals surface area (Å²) < 4.78 is 15.9. The molecule has 0 radical (unpaired) electrons. The Kier molecular flexibility index (Phi) is 7.90. The molecule has 80 valence electrons. The van der Waals surface area contributed by atoms with Crippen molar-refractivity contribution in [3.8, 4) is 0 Å². The summed E-state index contributed by atoms with van der Waals surface area (Å²) in [6.07, 6.45) is 8.72. The highest BCUT2D eigenvalue weighted by Crippen LogP contribution is 2.05. The maximum Gasteiger partial charge on any atom is 0.141 e. The minimum Gasteiger partial charge on any atom is -0.290 e. The zero-order valence-electron chi connectivity index (χ0n) is 8.58. The zero-order chi connectivity index (χ0) is 10.2. The third kappa shape index (κ3) is 12.3. The van der Waals surface area contributed by atoms with Crippen LogP contribution >= 0.6 is 0 Å². The van der Waals surface area contributed by atoms with Gasteiger partial charge in [0.1, 0.15) is 8.77 Å². The highest BCUT2D eigenvalue weighted by Gasteiger charge is 1.96. The van der Waals surface area contributed by atoms with E-state index in [2.05, 4.69) is 18.1 Å². The lowest BCUT2D eigenvalue weighted by molar-refractivity contribution is 0.333. The summed E-state index contributed by atoms with van der Waals surface area (Å²) in [5.41, 5.74) is 0. The van der Waals surface area contributed by atoms with E-state index in [0.29, 0.717) is 6.61 Å². The molecule has 0 aliphatic carbocycles. The molecule has 0 amide bonds. The van der Waals surface area contributed by atoms with Crippen molar-refractivity contribution < 1.29 is 8.39 Å². The zero-order valence-corrected chi connectivity index (χ0v) is 10.2. The Hall–Kier alpha value is 0.330. The maximum absolute atomic E-state index is 10.9. The largest absolute Gasteiger partial charge is 0.290 e. The Bertz CT molecular complexity index is 198. The number of hydrogen-bond donors (Lipinski definition) is 0. The molecule has 0 saturated carbocycles. The van der Waals surface area contributed by atoms with Gasteiger partial charge in [0.2, 0.25) is 0 Å². The molecule has 0 aliphatic rings. The maximum atomic E-state index is 10.9. The van der Waals surface area contributed by atoms with Gasteiger partial charge in [-0.2, -0.15) is 0 Å². The van der Waals surface area contributed by atoms with Crippen LogP contribution in [-0.4, -0.2) is 17.1 Å². The third-order valence-corrected chi connectivity index (χ3v) is 2.68. The summed E-state index contributed by atoms with van der Waals surface area (Å²) in [7, 11) is -2.39. The topological polar surface area (TPSA) is 26.3 Å². The van der Waals surface area contributed by atoms with Crippen molar-refractivity contribution in [3.05, 3.63) is 0 Å². The van der Waals surface area contributed by atoms with Crippen molar-refractivity contribution in [1.29, 1.82) is 0 Å². The van der Waals surface area contributed by atoms with Crippen molar-refractivity contribution in [1.82, 2.24) is 0 Å². The van der Waals surface area contributed by atoms with E-state index in [9.17, 15) is 4.21 Å². The van der Waals surface area contributed by atoms with E-state index in [-0.39, 0.29) is 0 Å². The molecule has 1 atom stereocenters. The van der Waals surface area contributed by atoms with Gasteiger partial charge in [0, 0.05) is 17.4 Å². The van der Waals surface area contributed by atoms with Crippen LogP contribution in [0.2, 0.25) is 0 Å². The summed E-state index contributed by atoms with van der Waals surface area (Å²) in [6.45, 7) is 2.75. The molecule has 0 saturated heterocycles. The van der Waals surface area contributed by atoms with Crippen LogP contribution < -0.4 is 0 Å². The van der Waals surface area contributed by atoms with E-state index >= 15 is 0 Å². The fraction of sp³-hybridized carbons (Fsp3) is 1.00. The predicted octanol–water partition coefficient (Wildman–Crippen LogP) is 2.65. The minimum absolute atomic E-state index is 0.547. The van der Waals surface area contributed by atoms with Gasteiger partial charge in [-0.15, -0.1) is 0 Å². The number of hydrogen-bond acceptors (Lipinski definition) is 3. The Morgan fingerprint density at radius 3 is 2.23 bits per heavy atom. The van der Waals surface area contributed by atoms with Crippen LogP contribution in [0.15, 0.2) is 0 Å². The Morgan fingerprint density at radius 2 is 1.69 bits per heavy atom. The highest BCUT2D eigenvalue weighted by atomic mass is 32.8.